The molecule has 0 fully saturated rings. The van der Waals surface area contributed by atoms with Crippen molar-refractivity contribution < 1.29 is 23.1 Å². The summed E-state index contributed by atoms with van der Waals surface area (Å²) in [4.78, 5) is 22.9. The van der Waals surface area contributed by atoms with Crippen LogP contribution in [0.5, 0.6) is 0 Å². The van der Waals surface area contributed by atoms with Gasteiger partial charge in [-0.3, -0.25) is 4.79 Å². The summed E-state index contributed by atoms with van der Waals surface area (Å²) in [7, 11) is 0. The Hall–Kier alpha value is -2.28. The van der Waals surface area contributed by atoms with E-state index in [9.17, 15) is 18.4 Å². The van der Waals surface area contributed by atoms with E-state index >= 15 is 0 Å². The summed E-state index contributed by atoms with van der Waals surface area (Å²) in [6.45, 7) is -0.623. The Morgan fingerprint density at radius 1 is 1.20 bits per heavy atom. The maximum absolute atomic E-state index is 13.3. The monoisotopic (exact) mass is 297 g/mol. The molecule has 0 aliphatic carbocycles. The molecule has 0 unspecified atom stereocenters. The van der Waals surface area contributed by atoms with Crippen LogP contribution in [0.1, 0.15) is 10.4 Å². The van der Waals surface area contributed by atoms with E-state index in [4.69, 9.17) is 4.74 Å². The largest absolute Gasteiger partial charge is 0.452 e. The first kappa shape index (κ1) is 14.1. The molecule has 0 radical (unpaired) electrons. The predicted molar refractivity (Wildman–Crippen MR) is 69.6 cm³/mol. The SMILES string of the molecule is O=C(COC(=O)c1ccsc1)Nc1c(F)cccc1F. The first-order chi connectivity index (χ1) is 9.58. The van der Waals surface area contributed by atoms with Crippen LogP contribution in [0.4, 0.5) is 14.5 Å². The molecule has 0 aliphatic heterocycles. The second-order valence-electron chi connectivity index (χ2n) is 3.73. The number of rotatable bonds is 4. The Kier molecular flexibility index (Phi) is 4.41. The molecule has 7 heteroatoms. The van der Waals surface area contributed by atoms with Crippen LogP contribution >= 0.6 is 11.3 Å². The lowest BCUT2D eigenvalue weighted by Gasteiger charge is -2.07. The molecule has 0 spiro atoms. The highest BCUT2D eigenvalue weighted by Crippen LogP contribution is 2.17. The van der Waals surface area contributed by atoms with E-state index in [-0.39, 0.29) is 0 Å². The van der Waals surface area contributed by atoms with E-state index in [1.54, 1.807) is 16.8 Å². The summed E-state index contributed by atoms with van der Waals surface area (Å²) < 4.78 is 31.3. The van der Waals surface area contributed by atoms with Gasteiger partial charge < -0.3 is 10.1 Å². The molecular weight excluding hydrogens is 288 g/mol. The van der Waals surface area contributed by atoms with Gasteiger partial charge in [0.25, 0.3) is 5.91 Å². The van der Waals surface area contributed by atoms with Crippen LogP contribution in [0.3, 0.4) is 0 Å². The van der Waals surface area contributed by atoms with Gasteiger partial charge in [-0.2, -0.15) is 11.3 Å². The predicted octanol–water partition coefficient (Wildman–Crippen LogP) is 2.82. The third-order valence-corrected chi connectivity index (χ3v) is 3.00. The van der Waals surface area contributed by atoms with Gasteiger partial charge in [-0.15, -0.1) is 0 Å². The normalized spacial score (nSPS) is 10.1. The number of hydrogen-bond acceptors (Lipinski definition) is 4. The number of esters is 1. The summed E-state index contributed by atoms with van der Waals surface area (Å²) in [6, 6.07) is 4.74. The molecule has 1 aromatic carbocycles. The molecule has 4 nitrogen and oxygen atoms in total. The number of amides is 1. The van der Waals surface area contributed by atoms with Gasteiger partial charge in [0.05, 0.1) is 5.56 Å². The Labute approximate surface area is 117 Å². The lowest BCUT2D eigenvalue weighted by Crippen LogP contribution is -2.22. The maximum atomic E-state index is 13.3. The van der Waals surface area contributed by atoms with Crippen molar-refractivity contribution >= 4 is 28.9 Å². The Balaban J connectivity index is 1.92. The topological polar surface area (TPSA) is 55.4 Å². The van der Waals surface area contributed by atoms with E-state index in [2.05, 4.69) is 0 Å². The molecule has 20 heavy (non-hydrogen) atoms. The summed E-state index contributed by atoms with van der Waals surface area (Å²) in [5, 5.41) is 5.27. The van der Waals surface area contributed by atoms with E-state index < -0.39 is 35.8 Å². The van der Waals surface area contributed by atoms with Crippen molar-refractivity contribution in [3.8, 4) is 0 Å². The van der Waals surface area contributed by atoms with Gasteiger partial charge >= 0.3 is 5.97 Å². The summed E-state index contributed by atoms with van der Waals surface area (Å²) in [5.74, 6) is -3.29. The molecule has 1 amide bonds. The number of para-hydroxylation sites is 1. The number of carbonyl (C=O) groups is 2. The van der Waals surface area contributed by atoms with Crippen molar-refractivity contribution in [2.45, 2.75) is 0 Å². The van der Waals surface area contributed by atoms with Crippen LogP contribution in [0.2, 0.25) is 0 Å². The zero-order chi connectivity index (χ0) is 14.5. The summed E-state index contributed by atoms with van der Waals surface area (Å²) >= 11 is 1.31. The average molecular weight is 297 g/mol. The van der Waals surface area contributed by atoms with Crippen LogP contribution < -0.4 is 5.32 Å². The third kappa shape index (κ3) is 3.39. The number of anilines is 1. The van der Waals surface area contributed by atoms with Crippen LogP contribution in [-0.2, 0) is 9.53 Å². The zero-order valence-corrected chi connectivity index (χ0v) is 10.9. The number of ether oxygens (including phenoxy) is 1. The van der Waals surface area contributed by atoms with Crippen molar-refractivity contribution in [1.82, 2.24) is 0 Å². The van der Waals surface area contributed by atoms with E-state index in [1.807, 2.05) is 5.32 Å². The molecule has 0 saturated heterocycles. The number of nitrogens with one attached hydrogen (secondary N) is 1. The van der Waals surface area contributed by atoms with Crippen molar-refractivity contribution in [3.05, 3.63) is 52.2 Å². The second kappa shape index (κ2) is 6.25. The molecule has 0 aliphatic rings. The number of halogens is 2. The molecule has 0 bridgehead atoms. The van der Waals surface area contributed by atoms with Gasteiger partial charge in [-0.1, -0.05) is 6.07 Å². The first-order valence-corrected chi connectivity index (χ1v) is 6.45. The molecule has 2 rings (SSSR count). The highest BCUT2D eigenvalue weighted by molar-refractivity contribution is 7.08. The fraction of sp³-hybridized carbons (Fsp3) is 0.0769. The van der Waals surface area contributed by atoms with Crippen LogP contribution in [-0.4, -0.2) is 18.5 Å². The minimum Gasteiger partial charge on any atom is -0.452 e. The first-order valence-electron chi connectivity index (χ1n) is 5.51. The maximum Gasteiger partial charge on any atom is 0.339 e. The minimum atomic E-state index is -0.900. The van der Waals surface area contributed by atoms with Gasteiger partial charge in [0, 0.05) is 5.38 Å². The number of hydrogen-bond donors (Lipinski definition) is 1. The molecule has 104 valence electrons. The average Bonchev–Trinajstić information content (AvgIpc) is 2.94. The number of carbonyl (C=O) groups excluding carboxylic acids is 2. The molecule has 1 N–H and O–H groups in total. The van der Waals surface area contributed by atoms with Gasteiger partial charge in [0.2, 0.25) is 0 Å². The van der Waals surface area contributed by atoms with E-state index in [1.165, 1.54) is 17.4 Å². The number of benzene rings is 1. The fourth-order valence-electron chi connectivity index (χ4n) is 1.39. The fourth-order valence-corrected chi connectivity index (χ4v) is 2.01. The van der Waals surface area contributed by atoms with Crippen molar-refractivity contribution in [3.63, 3.8) is 0 Å². The lowest BCUT2D eigenvalue weighted by atomic mass is 10.3. The zero-order valence-electron chi connectivity index (χ0n) is 10.1. The summed E-state index contributed by atoms with van der Waals surface area (Å²) in [5.41, 5.74) is -0.246. The van der Waals surface area contributed by atoms with Crippen molar-refractivity contribution in [1.29, 1.82) is 0 Å². The van der Waals surface area contributed by atoms with Gasteiger partial charge in [0.1, 0.15) is 17.3 Å². The van der Waals surface area contributed by atoms with Gasteiger partial charge in [-0.25, -0.2) is 13.6 Å². The summed E-state index contributed by atoms with van der Waals surface area (Å²) in [6.07, 6.45) is 0. The Morgan fingerprint density at radius 2 is 1.90 bits per heavy atom. The highest BCUT2D eigenvalue weighted by atomic mass is 32.1. The highest BCUT2D eigenvalue weighted by Gasteiger charge is 2.14. The van der Waals surface area contributed by atoms with Crippen LogP contribution in [0.25, 0.3) is 0 Å². The lowest BCUT2D eigenvalue weighted by molar-refractivity contribution is -0.119. The van der Waals surface area contributed by atoms with Crippen LogP contribution in [0.15, 0.2) is 35.0 Å². The Morgan fingerprint density at radius 3 is 2.50 bits per heavy atom. The van der Waals surface area contributed by atoms with Gasteiger partial charge in [0.15, 0.2) is 6.61 Å². The van der Waals surface area contributed by atoms with Crippen LogP contribution in [0, 0.1) is 11.6 Å². The molecule has 1 heterocycles. The quantitative estimate of drug-likeness (QED) is 0.883. The Bertz CT molecular complexity index is 608. The smallest absolute Gasteiger partial charge is 0.339 e. The molecule has 1 aromatic heterocycles. The van der Waals surface area contributed by atoms with Crippen molar-refractivity contribution in [2.75, 3.05) is 11.9 Å². The van der Waals surface area contributed by atoms with Crippen molar-refractivity contribution in [2.24, 2.45) is 0 Å². The molecule has 0 saturated carbocycles. The van der Waals surface area contributed by atoms with E-state index in [0.29, 0.717) is 5.56 Å². The third-order valence-electron chi connectivity index (χ3n) is 2.32. The van der Waals surface area contributed by atoms with Gasteiger partial charge in [-0.05, 0) is 23.6 Å². The minimum absolute atomic E-state index is 0.319. The molecule has 0 atom stereocenters. The standard InChI is InChI=1S/C13H9F2NO3S/c14-9-2-1-3-10(15)12(9)16-11(17)6-19-13(18)8-4-5-20-7-8/h1-5,7H,6H2,(H,16,17). The molecule has 2 aromatic rings. The second-order valence-corrected chi connectivity index (χ2v) is 4.51. The number of thiophene rings is 1. The van der Waals surface area contributed by atoms with E-state index in [0.717, 1.165) is 12.1 Å². The molecular formula is C13H9F2NO3S.